The average Bonchev–Trinajstić information content (AvgIpc) is 2.26. The first kappa shape index (κ1) is 13.8. The third-order valence-corrected chi connectivity index (χ3v) is 3.51. The molecule has 0 amide bonds. The normalized spacial score (nSPS) is 24.6. The lowest BCUT2D eigenvalue weighted by atomic mass is 10.0. The minimum Gasteiger partial charge on any atom is -0.371 e. The number of halogens is 3. The van der Waals surface area contributed by atoms with E-state index in [-0.39, 0.29) is 12.0 Å². The summed E-state index contributed by atoms with van der Waals surface area (Å²) in [5.74, 6) is 0. The van der Waals surface area contributed by atoms with Gasteiger partial charge in [-0.05, 0) is 13.3 Å². The molecule has 0 radical (unpaired) electrons. The topological polar surface area (TPSA) is 24.5 Å². The minimum absolute atomic E-state index is 0.0806. The summed E-state index contributed by atoms with van der Waals surface area (Å²) >= 11 is 0. The summed E-state index contributed by atoms with van der Waals surface area (Å²) in [5.41, 5.74) is -0.474. The molecule has 3 nitrogen and oxygen atoms in total. The van der Waals surface area contributed by atoms with Crippen LogP contribution in [0, 0.1) is 0 Å². The highest BCUT2D eigenvalue weighted by atomic mass is 19.4. The molecule has 2 heterocycles. The predicted molar refractivity (Wildman–Crippen MR) is 62.4 cm³/mol. The van der Waals surface area contributed by atoms with Crippen molar-refractivity contribution in [2.24, 2.45) is 0 Å². The first-order chi connectivity index (χ1) is 8.39. The van der Waals surface area contributed by atoms with Crippen LogP contribution in [0.5, 0.6) is 0 Å². The Morgan fingerprint density at radius 2 is 2.17 bits per heavy atom. The summed E-state index contributed by atoms with van der Waals surface area (Å²) in [6.07, 6.45) is -2.79. The van der Waals surface area contributed by atoms with Crippen LogP contribution in [0.4, 0.5) is 13.2 Å². The molecule has 0 saturated carbocycles. The molecule has 6 heteroatoms. The van der Waals surface area contributed by atoms with Gasteiger partial charge in [-0.1, -0.05) is 6.08 Å². The van der Waals surface area contributed by atoms with Crippen molar-refractivity contribution in [3.8, 4) is 0 Å². The summed E-state index contributed by atoms with van der Waals surface area (Å²) in [4.78, 5) is 1.99. The van der Waals surface area contributed by atoms with E-state index in [1.807, 2.05) is 11.8 Å². The molecule has 0 aliphatic carbocycles. The quantitative estimate of drug-likeness (QED) is 0.780. The molecule has 18 heavy (non-hydrogen) atoms. The molecule has 0 aromatic carbocycles. The highest BCUT2D eigenvalue weighted by molar-refractivity contribution is 5.12. The molecule has 1 fully saturated rings. The van der Waals surface area contributed by atoms with E-state index < -0.39 is 11.7 Å². The third-order valence-electron chi connectivity index (χ3n) is 3.51. The molecule has 1 N–H and O–H groups in total. The Balaban J connectivity index is 1.69. The van der Waals surface area contributed by atoms with Gasteiger partial charge in [0.15, 0.2) is 0 Å². The van der Waals surface area contributed by atoms with E-state index in [1.54, 1.807) is 0 Å². The van der Waals surface area contributed by atoms with Crippen molar-refractivity contribution in [1.82, 2.24) is 10.2 Å². The van der Waals surface area contributed by atoms with Crippen molar-refractivity contribution in [2.45, 2.75) is 25.1 Å². The van der Waals surface area contributed by atoms with Crippen LogP contribution in [0.3, 0.4) is 0 Å². The summed E-state index contributed by atoms with van der Waals surface area (Å²) in [6.45, 7) is 5.85. The summed E-state index contributed by atoms with van der Waals surface area (Å²) < 4.78 is 43.0. The first-order valence-corrected chi connectivity index (χ1v) is 6.22. The molecule has 0 spiro atoms. The number of rotatable bonds is 4. The van der Waals surface area contributed by atoms with Gasteiger partial charge in [0.1, 0.15) is 0 Å². The summed E-state index contributed by atoms with van der Waals surface area (Å²) in [7, 11) is 0. The standard InChI is InChI=1S/C12H19F3N2O/c1-11(8-16-9-11)18-7-6-17-4-2-10(3-5-17)12(13,14)15/h2,16H,3-9H2,1H3. The van der Waals surface area contributed by atoms with Crippen LogP contribution in [0.2, 0.25) is 0 Å². The predicted octanol–water partition coefficient (Wildman–Crippen LogP) is 1.56. The fourth-order valence-corrected chi connectivity index (χ4v) is 2.17. The second-order valence-corrected chi connectivity index (χ2v) is 5.18. The van der Waals surface area contributed by atoms with Crippen molar-refractivity contribution >= 4 is 0 Å². The Kier molecular flexibility index (Phi) is 3.99. The van der Waals surface area contributed by atoms with E-state index in [0.29, 0.717) is 26.2 Å². The molecular formula is C12H19F3N2O. The Morgan fingerprint density at radius 3 is 2.61 bits per heavy atom. The van der Waals surface area contributed by atoms with Crippen molar-refractivity contribution in [3.63, 3.8) is 0 Å². The fraction of sp³-hybridized carbons (Fsp3) is 0.833. The third kappa shape index (κ3) is 3.46. The number of alkyl halides is 3. The molecule has 2 aliphatic rings. The summed E-state index contributed by atoms with van der Waals surface area (Å²) in [5, 5.41) is 3.14. The van der Waals surface area contributed by atoms with Gasteiger partial charge < -0.3 is 10.1 Å². The maximum Gasteiger partial charge on any atom is 0.412 e. The molecule has 0 atom stereocenters. The minimum atomic E-state index is -4.16. The van der Waals surface area contributed by atoms with Crippen LogP contribution >= 0.6 is 0 Å². The molecule has 2 aliphatic heterocycles. The molecule has 1 saturated heterocycles. The van der Waals surface area contributed by atoms with Crippen LogP contribution in [0.25, 0.3) is 0 Å². The van der Waals surface area contributed by atoms with E-state index in [9.17, 15) is 13.2 Å². The number of nitrogens with zero attached hydrogens (tertiary/aromatic N) is 1. The fourth-order valence-electron chi connectivity index (χ4n) is 2.17. The van der Waals surface area contributed by atoms with Gasteiger partial charge in [-0.15, -0.1) is 0 Å². The largest absolute Gasteiger partial charge is 0.412 e. The van der Waals surface area contributed by atoms with Crippen molar-refractivity contribution in [1.29, 1.82) is 0 Å². The number of ether oxygens (including phenoxy) is 1. The lowest BCUT2D eigenvalue weighted by Crippen LogP contribution is -2.59. The van der Waals surface area contributed by atoms with Crippen LogP contribution < -0.4 is 5.32 Å². The van der Waals surface area contributed by atoms with Gasteiger partial charge in [-0.2, -0.15) is 13.2 Å². The van der Waals surface area contributed by atoms with Gasteiger partial charge in [-0.25, -0.2) is 0 Å². The smallest absolute Gasteiger partial charge is 0.371 e. The molecular weight excluding hydrogens is 245 g/mol. The number of hydrogen-bond acceptors (Lipinski definition) is 3. The van der Waals surface area contributed by atoms with Crippen LogP contribution in [0.15, 0.2) is 11.6 Å². The van der Waals surface area contributed by atoms with Crippen LogP contribution in [-0.2, 0) is 4.74 Å². The Labute approximate surface area is 105 Å². The first-order valence-electron chi connectivity index (χ1n) is 6.22. The van der Waals surface area contributed by atoms with Crippen molar-refractivity contribution < 1.29 is 17.9 Å². The van der Waals surface area contributed by atoms with E-state index in [1.165, 1.54) is 6.08 Å². The number of hydrogen-bond donors (Lipinski definition) is 1. The van der Waals surface area contributed by atoms with E-state index in [0.717, 1.165) is 13.1 Å². The molecule has 104 valence electrons. The van der Waals surface area contributed by atoms with E-state index >= 15 is 0 Å². The molecule has 0 aromatic rings. The van der Waals surface area contributed by atoms with Gasteiger partial charge in [0.05, 0.1) is 12.2 Å². The maximum absolute atomic E-state index is 12.4. The highest BCUT2D eigenvalue weighted by Gasteiger charge is 2.35. The van der Waals surface area contributed by atoms with Crippen LogP contribution in [0.1, 0.15) is 13.3 Å². The summed E-state index contributed by atoms with van der Waals surface area (Å²) in [6, 6.07) is 0. The van der Waals surface area contributed by atoms with Gasteiger partial charge in [0.2, 0.25) is 0 Å². The van der Waals surface area contributed by atoms with Crippen LogP contribution in [-0.4, -0.2) is 56.0 Å². The van der Waals surface area contributed by atoms with Gasteiger partial charge >= 0.3 is 6.18 Å². The number of nitrogens with one attached hydrogen (secondary N) is 1. The molecule has 0 bridgehead atoms. The van der Waals surface area contributed by atoms with Gasteiger partial charge in [0.25, 0.3) is 0 Å². The Bertz CT molecular complexity index is 324. The van der Waals surface area contributed by atoms with Crippen molar-refractivity contribution in [2.75, 3.05) is 39.3 Å². The Morgan fingerprint density at radius 1 is 1.44 bits per heavy atom. The molecule has 0 aromatic heterocycles. The lowest BCUT2D eigenvalue weighted by molar-refractivity contribution is -0.0969. The zero-order chi connectivity index (χ0) is 13.2. The molecule has 0 unspecified atom stereocenters. The molecule has 2 rings (SSSR count). The van der Waals surface area contributed by atoms with Crippen molar-refractivity contribution in [3.05, 3.63) is 11.6 Å². The second-order valence-electron chi connectivity index (χ2n) is 5.18. The zero-order valence-corrected chi connectivity index (χ0v) is 10.5. The SMILES string of the molecule is CC1(OCCN2CC=C(C(F)(F)F)CC2)CNC1. The van der Waals surface area contributed by atoms with E-state index in [4.69, 9.17) is 4.74 Å². The Hall–Kier alpha value is -0.590. The second kappa shape index (κ2) is 5.19. The lowest BCUT2D eigenvalue weighted by Gasteiger charge is -2.39. The van der Waals surface area contributed by atoms with Gasteiger partial charge in [0, 0.05) is 38.3 Å². The zero-order valence-electron chi connectivity index (χ0n) is 10.5. The maximum atomic E-state index is 12.4. The highest BCUT2D eigenvalue weighted by Crippen LogP contribution is 2.30. The van der Waals surface area contributed by atoms with E-state index in [2.05, 4.69) is 5.32 Å². The monoisotopic (exact) mass is 264 g/mol. The average molecular weight is 264 g/mol. The van der Waals surface area contributed by atoms with Gasteiger partial charge in [-0.3, -0.25) is 4.90 Å².